The summed E-state index contributed by atoms with van der Waals surface area (Å²) in [5, 5.41) is 3.64. The van der Waals surface area contributed by atoms with Gasteiger partial charge in [-0.1, -0.05) is 33.1 Å². The van der Waals surface area contributed by atoms with Crippen molar-refractivity contribution in [3.63, 3.8) is 0 Å². The van der Waals surface area contributed by atoms with Crippen LogP contribution in [0.3, 0.4) is 0 Å². The summed E-state index contributed by atoms with van der Waals surface area (Å²) < 4.78 is 5.20. The quantitative estimate of drug-likeness (QED) is 0.741. The minimum absolute atomic E-state index is 0.0353. The van der Waals surface area contributed by atoms with Gasteiger partial charge in [-0.05, 0) is 32.6 Å². The lowest BCUT2D eigenvalue weighted by Gasteiger charge is -2.32. The topological polar surface area (TPSA) is 38.3 Å². The second kappa shape index (κ2) is 7.78. The summed E-state index contributed by atoms with van der Waals surface area (Å²) in [6.07, 6.45) is 6.49. The van der Waals surface area contributed by atoms with Crippen molar-refractivity contribution in [3.05, 3.63) is 0 Å². The number of carbonyl (C=O) groups is 1. The zero-order valence-corrected chi connectivity index (χ0v) is 12.4. The molecule has 1 rings (SSSR count). The molecule has 1 N–H and O–H groups in total. The molecule has 3 heteroatoms. The van der Waals surface area contributed by atoms with Crippen LogP contribution in [0, 0.1) is 11.8 Å². The zero-order valence-electron chi connectivity index (χ0n) is 12.4. The molecule has 2 unspecified atom stereocenters. The lowest BCUT2D eigenvalue weighted by molar-refractivity contribution is -0.150. The van der Waals surface area contributed by atoms with Crippen LogP contribution in [0.4, 0.5) is 0 Å². The fourth-order valence-electron chi connectivity index (χ4n) is 3.04. The van der Waals surface area contributed by atoms with Crippen molar-refractivity contribution in [3.8, 4) is 0 Å². The molecule has 0 spiro atoms. The molecule has 0 bridgehead atoms. The van der Waals surface area contributed by atoms with Gasteiger partial charge in [-0.3, -0.25) is 4.79 Å². The molecule has 1 aliphatic carbocycles. The Kier molecular flexibility index (Phi) is 6.69. The summed E-state index contributed by atoms with van der Waals surface area (Å²) in [5.41, 5.74) is 0. The molecule has 0 radical (unpaired) electrons. The van der Waals surface area contributed by atoms with Crippen LogP contribution in [0.15, 0.2) is 0 Å². The van der Waals surface area contributed by atoms with Gasteiger partial charge in [0.05, 0.1) is 12.5 Å². The van der Waals surface area contributed by atoms with Crippen molar-refractivity contribution in [1.29, 1.82) is 0 Å². The molecule has 0 amide bonds. The van der Waals surface area contributed by atoms with E-state index < -0.39 is 0 Å². The lowest BCUT2D eigenvalue weighted by atomic mass is 9.87. The average molecular weight is 255 g/mol. The fraction of sp³-hybridized carbons (Fsp3) is 0.933. The molecule has 0 heterocycles. The maximum atomic E-state index is 12.0. The van der Waals surface area contributed by atoms with Crippen molar-refractivity contribution in [2.45, 2.75) is 71.9 Å². The van der Waals surface area contributed by atoms with Gasteiger partial charge in [0.2, 0.25) is 0 Å². The first kappa shape index (κ1) is 15.5. The summed E-state index contributed by atoms with van der Waals surface area (Å²) in [6.45, 7) is 8.66. The van der Waals surface area contributed by atoms with E-state index in [-0.39, 0.29) is 17.9 Å². The lowest BCUT2D eigenvalue weighted by Crippen LogP contribution is -2.46. The van der Waals surface area contributed by atoms with Gasteiger partial charge in [0, 0.05) is 12.1 Å². The second-order valence-corrected chi connectivity index (χ2v) is 5.81. The molecule has 0 saturated heterocycles. The number of esters is 1. The van der Waals surface area contributed by atoms with Crippen LogP contribution in [0.25, 0.3) is 0 Å². The molecule has 3 nitrogen and oxygen atoms in total. The first-order valence-electron chi connectivity index (χ1n) is 7.49. The van der Waals surface area contributed by atoms with Crippen molar-refractivity contribution in [2.75, 3.05) is 6.61 Å². The van der Waals surface area contributed by atoms with Crippen LogP contribution < -0.4 is 5.32 Å². The van der Waals surface area contributed by atoms with Crippen LogP contribution >= 0.6 is 0 Å². The molecule has 0 aromatic rings. The molecular weight excluding hydrogens is 226 g/mol. The molecule has 0 aliphatic heterocycles. The summed E-state index contributed by atoms with van der Waals surface area (Å²) in [7, 11) is 0. The van der Waals surface area contributed by atoms with E-state index in [0.717, 1.165) is 0 Å². The standard InChI is InChI=1S/C15H29NO2/c1-5-18-15(17)14(11(2)3)12(4)16-13-9-7-6-8-10-13/h11-14,16H,5-10H2,1-4H3. The van der Waals surface area contributed by atoms with Gasteiger partial charge in [0.1, 0.15) is 0 Å². The summed E-state index contributed by atoms with van der Waals surface area (Å²) >= 11 is 0. The molecule has 18 heavy (non-hydrogen) atoms. The van der Waals surface area contributed by atoms with Crippen molar-refractivity contribution in [1.82, 2.24) is 5.32 Å². The van der Waals surface area contributed by atoms with Crippen molar-refractivity contribution in [2.24, 2.45) is 11.8 Å². The molecule has 106 valence electrons. The highest BCUT2D eigenvalue weighted by Gasteiger charge is 2.30. The van der Waals surface area contributed by atoms with Crippen molar-refractivity contribution >= 4 is 5.97 Å². The minimum atomic E-state index is -0.0525. The van der Waals surface area contributed by atoms with Crippen LogP contribution in [-0.2, 0) is 9.53 Å². The van der Waals surface area contributed by atoms with Gasteiger partial charge >= 0.3 is 5.97 Å². The Morgan fingerprint density at radius 1 is 1.22 bits per heavy atom. The Bertz CT molecular complexity index is 247. The summed E-state index contributed by atoms with van der Waals surface area (Å²) in [6, 6.07) is 0.788. The Balaban J connectivity index is 2.52. The first-order valence-corrected chi connectivity index (χ1v) is 7.49. The van der Waals surface area contributed by atoms with E-state index in [9.17, 15) is 4.79 Å². The normalized spacial score (nSPS) is 20.7. The van der Waals surface area contributed by atoms with Gasteiger partial charge in [-0.25, -0.2) is 0 Å². The van der Waals surface area contributed by atoms with Gasteiger partial charge in [0.25, 0.3) is 0 Å². The third-order valence-electron chi connectivity index (χ3n) is 3.92. The summed E-state index contributed by atoms with van der Waals surface area (Å²) in [5.74, 6) is 0.227. The number of carbonyl (C=O) groups excluding carboxylic acids is 1. The van der Waals surface area contributed by atoms with E-state index in [1.165, 1.54) is 32.1 Å². The highest BCUT2D eigenvalue weighted by Crippen LogP contribution is 2.22. The van der Waals surface area contributed by atoms with Crippen LogP contribution in [0.1, 0.15) is 59.8 Å². The van der Waals surface area contributed by atoms with Gasteiger partial charge in [0.15, 0.2) is 0 Å². The van der Waals surface area contributed by atoms with E-state index in [1.54, 1.807) is 0 Å². The summed E-state index contributed by atoms with van der Waals surface area (Å²) in [4.78, 5) is 12.0. The SMILES string of the molecule is CCOC(=O)C(C(C)C)C(C)NC1CCCCC1. The maximum Gasteiger partial charge on any atom is 0.310 e. The Morgan fingerprint density at radius 2 is 1.83 bits per heavy atom. The van der Waals surface area contributed by atoms with Crippen molar-refractivity contribution < 1.29 is 9.53 Å². The third-order valence-corrected chi connectivity index (χ3v) is 3.92. The van der Waals surface area contributed by atoms with Crippen LogP contribution in [0.5, 0.6) is 0 Å². The number of nitrogens with one attached hydrogen (secondary N) is 1. The minimum Gasteiger partial charge on any atom is -0.466 e. The predicted molar refractivity (Wildman–Crippen MR) is 74.4 cm³/mol. The predicted octanol–water partition coefficient (Wildman–Crippen LogP) is 3.13. The highest BCUT2D eigenvalue weighted by molar-refractivity contribution is 5.73. The highest BCUT2D eigenvalue weighted by atomic mass is 16.5. The number of rotatable bonds is 6. The Morgan fingerprint density at radius 3 is 2.33 bits per heavy atom. The van der Waals surface area contributed by atoms with Crippen LogP contribution in [-0.4, -0.2) is 24.7 Å². The van der Waals surface area contributed by atoms with E-state index in [2.05, 4.69) is 26.1 Å². The maximum absolute atomic E-state index is 12.0. The molecule has 1 saturated carbocycles. The molecule has 0 aromatic heterocycles. The third kappa shape index (κ3) is 4.60. The zero-order chi connectivity index (χ0) is 13.5. The number of hydrogen-bond donors (Lipinski definition) is 1. The smallest absolute Gasteiger partial charge is 0.310 e. The van der Waals surface area contributed by atoms with E-state index in [1.807, 2.05) is 6.92 Å². The second-order valence-electron chi connectivity index (χ2n) is 5.81. The van der Waals surface area contributed by atoms with E-state index >= 15 is 0 Å². The molecule has 0 aromatic carbocycles. The number of ether oxygens (including phenoxy) is 1. The average Bonchev–Trinajstić information content (AvgIpc) is 2.30. The number of hydrogen-bond acceptors (Lipinski definition) is 3. The molecule has 2 atom stereocenters. The Labute approximate surface area is 112 Å². The molecular formula is C15H29NO2. The van der Waals surface area contributed by atoms with Gasteiger partial charge < -0.3 is 10.1 Å². The van der Waals surface area contributed by atoms with Gasteiger partial charge in [-0.2, -0.15) is 0 Å². The van der Waals surface area contributed by atoms with Gasteiger partial charge in [-0.15, -0.1) is 0 Å². The fourth-order valence-corrected chi connectivity index (χ4v) is 3.04. The first-order chi connectivity index (χ1) is 8.56. The van der Waals surface area contributed by atoms with E-state index in [0.29, 0.717) is 18.6 Å². The largest absolute Gasteiger partial charge is 0.466 e. The Hall–Kier alpha value is -0.570. The molecule has 1 aliphatic rings. The molecule has 1 fully saturated rings. The van der Waals surface area contributed by atoms with E-state index in [4.69, 9.17) is 4.74 Å². The van der Waals surface area contributed by atoms with Crippen LogP contribution in [0.2, 0.25) is 0 Å². The monoisotopic (exact) mass is 255 g/mol.